The number of hydrogen-bond acceptors (Lipinski definition) is 3. The van der Waals surface area contributed by atoms with Crippen LogP contribution in [0.15, 0.2) is 47.1 Å². The lowest BCUT2D eigenvalue weighted by molar-refractivity contribution is -0.127. The van der Waals surface area contributed by atoms with Crippen molar-refractivity contribution in [3.8, 4) is 0 Å². The Morgan fingerprint density at radius 2 is 1.86 bits per heavy atom. The zero-order valence-electron chi connectivity index (χ0n) is 15.2. The first kappa shape index (κ1) is 19.9. The summed E-state index contributed by atoms with van der Waals surface area (Å²) < 4.78 is 0.927. The van der Waals surface area contributed by atoms with Gasteiger partial charge in [-0.3, -0.25) is 20.4 Å². The highest BCUT2D eigenvalue weighted by Crippen LogP contribution is 2.29. The van der Waals surface area contributed by atoms with E-state index in [2.05, 4.69) is 42.4 Å². The van der Waals surface area contributed by atoms with Gasteiger partial charge < -0.3 is 15.6 Å². The maximum atomic E-state index is 12.7. The number of nitrogens with one attached hydrogen (secondary N) is 5. The Bertz CT molecular complexity index is 847. The Morgan fingerprint density at radius 1 is 1.07 bits per heavy atom. The monoisotopic (exact) mass is 447 g/mol. The fourth-order valence-electron chi connectivity index (χ4n) is 3.25. The van der Waals surface area contributed by atoms with Gasteiger partial charge in [0.2, 0.25) is 0 Å². The molecule has 1 aliphatic carbocycles. The van der Waals surface area contributed by atoms with E-state index in [1.807, 2.05) is 24.3 Å². The van der Waals surface area contributed by atoms with E-state index in [9.17, 15) is 14.4 Å². The van der Waals surface area contributed by atoms with E-state index < -0.39 is 23.4 Å². The zero-order valence-corrected chi connectivity index (χ0v) is 16.8. The van der Waals surface area contributed by atoms with Crippen molar-refractivity contribution in [2.24, 2.45) is 0 Å². The molecule has 0 unspecified atom stereocenters. The van der Waals surface area contributed by atoms with Crippen LogP contribution >= 0.6 is 15.9 Å². The van der Waals surface area contributed by atoms with Crippen LogP contribution in [0, 0.1) is 0 Å². The van der Waals surface area contributed by atoms with E-state index in [0.717, 1.165) is 22.9 Å². The molecular weight excluding hydrogens is 426 g/mol. The summed E-state index contributed by atoms with van der Waals surface area (Å²) in [6.07, 6.45) is 4.29. The standard InChI is InChI=1S/C19H22BrN5O3/c20-14-6-3-5-13(11-14)12-22-18(28)23-19(8-1-2-9-19)17(27)25-24-16(26)15-7-4-10-21-15/h3-7,10-11,21H,1-2,8-9,12H2,(H,24,26)(H,25,27)(H2,22,23,28). The van der Waals surface area contributed by atoms with Crippen molar-refractivity contribution in [3.05, 3.63) is 58.3 Å². The molecule has 0 spiro atoms. The summed E-state index contributed by atoms with van der Waals surface area (Å²) in [6.45, 7) is 0.340. The van der Waals surface area contributed by atoms with Crippen LogP contribution in [-0.4, -0.2) is 28.4 Å². The molecule has 1 aliphatic rings. The van der Waals surface area contributed by atoms with Gasteiger partial charge in [-0.15, -0.1) is 0 Å². The molecule has 0 aliphatic heterocycles. The molecule has 0 saturated heterocycles. The quantitative estimate of drug-likeness (QED) is 0.453. The lowest BCUT2D eigenvalue weighted by Gasteiger charge is -2.29. The molecule has 4 amide bonds. The molecule has 2 aromatic rings. The van der Waals surface area contributed by atoms with Crippen LogP contribution < -0.4 is 21.5 Å². The number of H-pyrrole nitrogens is 1. The predicted octanol–water partition coefficient (Wildman–Crippen LogP) is 2.35. The summed E-state index contributed by atoms with van der Waals surface area (Å²) in [6, 6.07) is 10.5. The van der Waals surface area contributed by atoms with E-state index >= 15 is 0 Å². The molecule has 5 N–H and O–H groups in total. The van der Waals surface area contributed by atoms with Gasteiger partial charge in [0.1, 0.15) is 11.2 Å². The molecule has 1 aromatic heterocycles. The van der Waals surface area contributed by atoms with Crippen LogP contribution in [-0.2, 0) is 11.3 Å². The second-order valence-electron chi connectivity index (χ2n) is 6.72. The van der Waals surface area contributed by atoms with Crippen LogP contribution in [0.4, 0.5) is 4.79 Å². The number of carbonyl (C=O) groups excluding carboxylic acids is 3. The fraction of sp³-hybridized carbons (Fsp3) is 0.316. The number of urea groups is 1. The molecule has 0 atom stereocenters. The molecule has 1 aromatic carbocycles. The van der Waals surface area contributed by atoms with Gasteiger partial charge in [0.05, 0.1) is 0 Å². The normalized spacial score (nSPS) is 14.9. The second-order valence-corrected chi connectivity index (χ2v) is 7.63. The lowest BCUT2D eigenvalue weighted by Crippen LogP contribution is -2.61. The number of benzene rings is 1. The van der Waals surface area contributed by atoms with E-state index in [4.69, 9.17) is 0 Å². The largest absolute Gasteiger partial charge is 0.357 e. The number of halogens is 1. The number of aromatic amines is 1. The first-order chi connectivity index (χ1) is 13.5. The summed E-state index contributed by atoms with van der Waals surface area (Å²) in [4.78, 5) is 39.8. The molecule has 1 heterocycles. The van der Waals surface area contributed by atoms with Crippen molar-refractivity contribution in [1.29, 1.82) is 0 Å². The maximum absolute atomic E-state index is 12.7. The summed E-state index contributed by atoms with van der Waals surface area (Å²) >= 11 is 3.39. The van der Waals surface area contributed by atoms with Crippen molar-refractivity contribution in [2.45, 2.75) is 37.8 Å². The predicted molar refractivity (Wildman–Crippen MR) is 107 cm³/mol. The average Bonchev–Trinajstić information content (AvgIpc) is 3.37. The molecule has 8 nitrogen and oxygen atoms in total. The third-order valence-corrected chi connectivity index (χ3v) is 5.21. The minimum atomic E-state index is -1.04. The van der Waals surface area contributed by atoms with E-state index in [-0.39, 0.29) is 0 Å². The van der Waals surface area contributed by atoms with Gasteiger partial charge in [0, 0.05) is 17.2 Å². The molecule has 28 heavy (non-hydrogen) atoms. The molecule has 3 rings (SSSR count). The highest BCUT2D eigenvalue weighted by Gasteiger charge is 2.42. The molecule has 0 radical (unpaired) electrons. The first-order valence-corrected chi connectivity index (χ1v) is 9.82. The van der Waals surface area contributed by atoms with Crippen LogP contribution in [0.25, 0.3) is 0 Å². The van der Waals surface area contributed by atoms with Crippen molar-refractivity contribution in [1.82, 2.24) is 26.5 Å². The summed E-state index contributed by atoms with van der Waals surface area (Å²) in [7, 11) is 0. The number of hydrazine groups is 1. The number of carbonyl (C=O) groups is 3. The topological polar surface area (TPSA) is 115 Å². The summed E-state index contributed by atoms with van der Waals surface area (Å²) in [5.41, 5.74) is 5.04. The fourth-order valence-corrected chi connectivity index (χ4v) is 3.70. The Morgan fingerprint density at radius 3 is 2.54 bits per heavy atom. The summed E-state index contributed by atoms with van der Waals surface area (Å²) in [5.74, 6) is -0.881. The maximum Gasteiger partial charge on any atom is 0.315 e. The van der Waals surface area contributed by atoms with Gasteiger partial charge in [-0.2, -0.15) is 0 Å². The molecule has 148 valence electrons. The van der Waals surface area contributed by atoms with Crippen LogP contribution in [0.3, 0.4) is 0 Å². The minimum Gasteiger partial charge on any atom is -0.357 e. The van der Waals surface area contributed by atoms with E-state index in [1.165, 1.54) is 0 Å². The van der Waals surface area contributed by atoms with Gasteiger partial charge in [-0.05, 0) is 42.7 Å². The van der Waals surface area contributed by atoms with Crippen LogP contribution in [0.2, 0.25) is 0 Å². The SMILES string of the molecule is O=C(NCc1cccc(Br)c1)NC1(C(=O)NNC(=O)c2ccc[nH]2)CCCC1. The molecule has 9 heteroatoms. The van der Waals surface area contributed by atoms with Crippen LogP contribution in [0.5, 0.6) is 0 Å². The molecule has 1 fully saturated rings. The van der Waals surface area contributed by atoms with Crippen molar-refractivity contribution < 1.29 is 14.4 Å². The van der Waals surface area contributed by atoms with Gasteiger partial charge in [0.25, 0.3) is 11.8 Å². The van der Waals surface area contributed by atoms with E-state index in [1.54, 1.807) is 18.3 Å². The highest BCUT2D eigenvalue weighted by molar-refractivity contribution is 9.10. The second kappa shape index (κ2) is 8.92. The average molecular weight is 448 g/mol. The third kappa shape index (κ3) is 4.92. The van der Waals surface area contributed by atoms with Crippen molar-refractivity contribution in [3.63, 3.8) is 0 Å². The number of rotatable bonds is 5. The van der Waals surface area contributed by atoms with Crippen molar-refractivity contribution >= 4 is 33.8 Å². The Labute approximate surface area is 170 Å². The Balaban J connectivity index is 1.55. The number of hydrogen-bond donors (Lipinski definition) is 5. The minimum absolute atomic E-state index is 0.334. The Kier molecular flexibility index (Phi) is 6.35. The van der Waals surface area contributed by atoms with Crippen LogP contribution in [0.1, 0.15) is 41.7 Å². The molecule has 0 bridgehead atoms. The lowest BCUT2D eigenvalue weighted by atomic mass is 9.97. The molecular formula is C19H22BrN5O3. The number of aromatic nitrogens is 1. The Hall–Kier alpha value is -2.81. The summed E-state index contributed by atoms with van der Waals surface area (Å²) in [5, 5.41) is 5.58. The van der Waals surface area contributed by atoms with Gasteiger partial charge in [-0.25, -0.2) is 4.79 Å². The smallest absolute Gasteiger partial charge is 0.315 e. The van der Waals surface area contributed by atoms with E-state index in [0.29, 0.717) is 25.1 Å². The first-order valence-electron chi connectivity index (χ1n) is 9.03. The van der Waals surface area contributed by atoms with Gasteiger partial charge in [0.15, 0.2) is 0 Å². The van der Waals surface area contributed by atoms with Gasteiger partial charge in [-0.1, -0.05) is 40.9 Å². The highest BCUT2D eigenvalue weighted by atomic mass is 79.9. The number of amides is 4. The van der Waals surface area contributed by atoms with Gasteiger partial charge >= 0.3 is 6.03 Å². The zero-order chi connectivity index (χ0) is 20.0. The van der Waals surface area contributed by atoms with Crippen molar-refractivity contribution in [2.75, 3.05) is 0 Å². The molecule has 1 saturated carbocycles. The third-order valence-electron chi connectivity index (χ3n) is 4.72.